The van der Waals surface area contributed by atoms with Gasteiger partial charge in [-0.2, -0.15) is 0 Å². The molecule has 11 aromatic rings. The van der Waals surface area contributed by atoms with Crippen molar-refractivity contribution in [2.75, 3.05) is 0 Å². The van der Waals surface area contributed by atoms with Crippen LogP contribution in [0.4, 0.5) is 0 Å². The summed E-state index contributed by atoms with van der Waals surface area (Å²) >= 11 is 0. The highest BCUT2D eigenvalue weighted by molar-refractivity contribution is 6.13. The number of benzene rings is 7. The molecule has 0 fully saturated rings. The van der Waals surface area contributed by atoms with E-state index in [1.165, 1.54) is 10.8 Å². The van der Waals surface area contributed by atoms with Crippen LogP contribution >= 0.6 is 0 Å². The van der Waals surface area contributed by atoms with Crippen molar-refractivity contribution in [1.29, 1.82) is 0 Å². The molecule has 4 heterocycles. The molecular weight excluding hydrogens is 685 g/mol. The molecule has 7 aromatic carbocycles. The van der Waals surface area contributed by atoms with Gasteiger partial charge in [0.05, 0.1) is 22.4 Å². The van der Waals surface area contributed by atoms with Crippen molar-refractivity contribution in [3.05, 3.63) is 194 Å². The maximum atomic E-state index is 6.46. The quantitative estimate of drug-likeness (QED) is 0.172. The van der Waals surface area contributed by atoms with E-state index in [4.69, 9.17) is 14.4 Å². The molecule has 56 heavy (non-hydrogen) atoms. The first-order valence-corrected chi connectivity index (χ1v) is 18.8. The molecule has 0 saturated heterocycles. The number of pyridine rings is 1. The summed E-state index contributed by atoms with van der Waals surface area (Å²) in [6.45, 7) is 0. The van der Waals surface area contributed by atoms with E-state index in [2.05, 4.69) is 155 Å². The SMILES string of the molecule is c1ccc(-c2nc(-c3ccc(-c4cccnc4)cc3)cc(-c3ccc(-n4c5ccccc5c5ccc(-c6cccc7c6oc6ccccc67)cc54)cc3)n2)cc1. The van der Waals surface area contributed by atoms with Gasteiger partial charge in [-0.1, -0.05) is 140 Å². The predicted octanol–water partition coefficient (Wildman–Crippen LogP) is 13.2. The van der Waals surface area contributed by atoms with Crippen molar-refractivity contribution in [3.8, 4) is 61.8 Å². The second kappa shape index (κ2) is 13.0. The Morgan fingerprint density at radius 1 is 0.411 bits per heavy atom. The molecule has 11 rings (SSSR count). The first-order chi connectivity index (χ1) is 27.7. The highest BCUT2D eigenvalue weighted by atomic mass is 16.3. The van der Waals surface area contributed by atoms with Gasteiger partial charge < -0.3 is 8.98 Å². The lowest BCUT2D eigenvalue weighted by Crippen LogP contribution is -1.97. The summed E-state index contributed by atoms with van der Waals surface area (Å²) in [6.07, 6.45) is 3.68. The van der Waals surface area contributed by atoms with Crippen LogP contribution in [0.3, 0.4) is 0 Å². The van der Waals surface area contributed by atoms with Crippen molar-refractivity contribution in [3.63, 3.8) is 0 Å². The first-order valence-electron chi connectivity index (χ1n) is 18.8. The predicted molar refractivity (Wildman–Crippen MR) is 229 cm³/mol. The summed E-state index contributed by atoms with van der Waals surface area (Å²) in [4.78, 5) is 14.5. The van der Waals surface area contributed by atoms with E-state index in [9.17, 15) is 0 Å². The fourth-order valence-corrected chi connectivity index (χ4v) is 8.00. The number of furan rings is 1. The molecule has 0 amide bonds. The Morgan fingerprint density at radius 2 is 1.05 bits per heavy atom. The van der Waals surface area contributed by atoms with Crippen molar-refractivity contribution in [2.45, 2.75) is 0 Å². The fourth-order valence-electron chi connectivity index (χ4n) is 8.00. The standard InChI is InChI=1S/C51H32N4O/c1-2-10-36(11-3-1)51-53-45(34-21-19-33(20-22-34)38-12-9-29-52-32-38)31-46(54-51)35-23-26-39(27-24-35)55-47-17-6-4-13-41(47)42-28-25-37(30-48(42)55)40-15-8-16-44-43-14-5-7-18-49(43)56-50(40)44/h1-32H. The Labute approximate surface area is 322 Å². The van der Waals surface area contributed by atoms with Gasteiger partial charge >= 0.3 is 0 Å². The van der Waals surface area contributed by atoms with E-state index >= 15 is 0 Å². The Morgan fingerprint density at radius 3 is 1.84 bits per heavy atom. The topological polar surface area (TPSA) is 56.7 Å². The molecule has 0 spiro atoms. The third kappa shape index (κ3) is 5.37. The van der Waals surface area contributed by atoms with Crippen molar-refractivity contribution >= 4 is 43.7 Å². The van der Waals surface area contributed by atoms with E-state index in [1.54, 1.807) is 6.20 Å². The van der Waals surface area contributed by atoms with Gasteiger partial charge in [-0.25, -0.2) is 9.97 Å². The molecule has 0 atom stereocenters. The first kappa shape index (κ1) is 31.9. The summed E-state index contributed by atoms with van der Waals surface area (Å²) in [5.41, 5.74) is 14.3. The lowest BCUT2D eigenvalue weighted by molar-refractivity contribution is 0.670. The summed E-state index contributed by atoms with van der Waals surface area (Å²) in [7, 11) is 0. The number of hydrogen-bond acceptors (Lipinski definition) is 4. The number of nitrogens with zero attached hydrogens (tertiary/aromatic N) is 4. The Kier molecular flexibility index (Phi) is 7.42. The average molecular weight is 717 g/mol. The molecule has 0 saturated carbocycles. The van der Waals surface area contributed by atoms with Gasteiger partial charge in [0.25, 0.3) is 0 Å². The molecule has 0 aliphatic carbocycles. The van der Waals surface area contributed by atoms with Crippen LogP contribution in [-0.4, -0.2) is 19.5 Å². The van der Waals surface area contributed by atoms with Crippen molar-refractivity contribution < 1.29 is 4.42 Å². The third-order valence-corrected chi connectivity index (χ3v) is 10.7. The highest BCUT2D eigenvalue weighted by Crippen LogP contribution is 2.39. The molecule has 0 unspecified atom stereocenters. The van der Waals surface area contributed by atoms with E-state index < -0.39 is 0 Å². The minimum atomic E-state index is 0.688. The van der Waals surface area contributed by atoms with Gasteiger partial charge in [0.15, 0.2) is 5.82 Å². The van der Waals surface area contributed by atoms with Gasteiger partial charge in [-0.15, -0.1) is 0 Å². The molecule has 5 heteroatoms. The number of para-hydroxylation sites is 3. The lowest BCUT2D eigenvalue weighted by Gasteiger charge is -2.12. The number of rotatable bonds is 6. The Hall–Kier alpha value is -7.63. The highest BCUT2D eigenvalue weighted by Gasteiger charge is 2.17. The van der Waals surface area contributed by atoms with Crippen LogP contribution in [0.5, 0.6) is 0 Å². The smallest absolute Gasteiger partial charge is 0.160 e. The zero-order chi connectivity index (χ0) is 37.0. The van der Waals surface area contributed by atoms with Gasteiger partial charge in [-0.05, 0) is 59.2 Å². The Balaban J connectivity index is 1.02. The molecule has 0 radical (unpaired) electrons. The molecule has 5 nitrogen and oxygen atoms in total. The van der Waals surface area contributed by atoms with Crippen LogP contribution in [-0.2, 0) is 0 Å². The number of fused-ring (bicyclic) bond motifs is 6. The van der Waals surface area contributed by atoms with E-state index in [0.717, 1.165) is 89.0 Å². The molecule has 0 aliphatic heterocycles. The summed E-state index contributed by atoms with van der Waals surface area (Å²) < 4.78 is 8.82. The zero-order valence-corrected chi connectivity index (χ0v) is 30.2. The second-order valence-corrected chi connectivity index (χ2v) is 14.1. The van der Waals surface area contributed by atoms with E-state index in [-0.39, 0.29) is 0 Å². The molecular formula is C51H32N4O. The summed E-state index contributed by atoms with van der Waals surface area (Å²) in [5.74, 6) is 0.688. The normalized spacial score (nSPS) is 11.6. The van der Waals surface area contributed by atoms with E-state index in [0.29, 0.717) is 5.82 Å². The number of aromatic nitrogens is 4. The number of hydrogen-bond donors (Lipinski definition) is 0. The lowest BCUT2D eigenvalue weighted by atomic mass is 10.0. The average Bonchev–Trinajstić information content (AvgIpc) is 3.83. The largest absolute Gasteiger partial charge is 0.455 e. The maximum Gasteiger partial charge on any atom is 0.160 e. The van der Waals surface area contributed by atoms with Crippen LogP contribution in [0.15, 0.2) is 199 Å². The maximum absolute atomic E-state index is 6.46. The minimum absolute atomic E-state index is 0.688. The minimum Gasteiger partial charge on any atom is -0.455 e. The summed E-state index contributed by atoms with van der Waals surface area (Å²) in [5, 5.41) is 4.67. The van der Waals surface area contributed by atoms with Crippen LogP contribution in [0, 0.1) is 0 Å². The molecule has 0 N–H and O–H groups in total. The van der Waals surface area contributed by atoms with Crippen molar-refractivity contribution in [1.82, 2.24) is 19.5 Å². The molecule has 0 bridgehead atoms. The van der Waals surface area contributed by atoms with Gasteiger partial charge in [-0.3, -0.25) is 4.98 Å². The van der Waals surface area contributed by atoms with Gasteiger partial charge in [0.2, 0.25) is 0 Å². The third-order valence-electron chi connectivity index (χ3n) is 10.7. The van der Waals surface area contributed by atoms with Crippen LogP contribution in [0.25, 0.3) is 106 Å². The van der Waals surface area contributed by atoms with Gasteiger partial charge in [0.1, 0.15) is 11.2 Å². The molecule has 0 aliphatic rings. The van der Waals surface area contributed by atoms with E-state index in [1.807, 2.05) is 42.6 Å². The zero-order valence-electron chi connectivity index (χ0n) is 30.2. The second-order valence-electron chi connectivity index (χ2n) is 14.1. The molecule has 262 valence electrons. The molecule has 4 aromatic heterocycles. The van der Waals surface area contributed by atoms with Crippen LogP contribution < -0.4 is 0 Å². The van der Waals surface area contributed by atoms with Gasteiger partial charge in [0, 0.05) is 61.9 Å². The van der Waals surface area contributed by atoms with Crippen LogP contribution in [0.2, 0.25) is 0 Å². The fraction of sp³-hybridized carbons (Fsp3) is 0. The monoisotopic (exact) mass is 716 g/mol. The van der Waals surface area contributed by atoms with Crippen molar-refractivity contribution in [2.24, 2.45) is 0 Å². The summed E-state index contributed by atoms with van der Waals surface area (Å²) in [6, 6.07) is 63.6. The van der Waals surface area contributed by atoms with Crippen LogP contribution in [0.1, 0.15) is 0 Å². The Bertz CT molecular complexity index is 3220.